The van der Waals surface area contributed by atoms with Gasteiger partial charge in [0.05, 0.1) is 5.39 Å². The molecule has 0 fully saturated rings. The van der Waals surface area contributed by atoms with Crippen molar-refractivity contribution in [2.24, 2.45) is 0 Å². The number of halogens is 3. The summed E-state index contributed by atoms with van der Waals surface area (Å²) in [4.78, 5) is 9.70. The van der Waals surface area contributed by atoms with Gasteiger partial charge in [0.15, 0.2) is 0 Å². The predicted octanol–water partition coefficient (Wildman–Crippen LogP) is 4.32. The molecule has 0 bridgehead atoms. The van der Waals surface area contributed by atoms with Gasteiger partial charge in [-0.3, -0.25) is 0 Å². The van der Waals surface area contributed by atoms with Crippen LogP contribution in [-0.2, 0) is 6.42 Å². The maximum Gasteiger partial charge on any atom is 0.389 e. The van der Waals surface area contributed by atoms with Crippen LogP contribution in [0.5, 0.6) is 0 Å². The molecule has 0 saturated heterocycles. The van der Waals surface area contributed by atoms with Crippen LogP contribution in [0, 0.1) is 6.92 Å². The van der Waals surface area contributed by atoms with Gasteiger partial charge in [-0.2, -0.15) is 13.2 Å². The lowest BCUT2D eigenvalue weighted by molar-refractivity contribution is -0.134. The monoisotopic (exact) mass is 303 g/mol. The summed E-state index contributed by atoms with van der Waals surface area (Å²) >= 11 is 1.53. The van der Waals surface area contributed by atoms with Crippen molar-refractivity contribution in [2.75, 3.05) is 11.9 Å². The second-order valence-corrected chi connectivity index (χ2v) is 5.44. The van der Waals surface area contributed by atoms with Crippen molar-refractivity contribution in [1.82, 2.24) is 9.97 Å². The Morgan fingerprint density at radius 3 is 2.70 bits per heavy atom. The highest BCUT2D eigenvalue weighted by atomic mass is 32.1. The second kappa shape index (κ2) is 5.95. The van der Waals surface area contributed by atoms with Gasteiger partial charge in [0.25, 0.3) is 0 Å². The van der Waals surface area contributed by atoms with Crippen molar-refractivity contribution in [3.8, 4) is 0 Å². The third-order valence-electron chi connectivity index (χ3n) is 2.91. The number of aromatic nitrogens is 2. The summed E-state index contributed by atoms with van der Waals surface area (Å²) in [6, 6.07) is 0. The van der Waals surface area contributed by atoms with E-state index in [1.165, 1.54) is 11.3 Å². The molecule has 2 aromatic rings. The standard InChI is InChI=1S/C13H16F3N3S/c1-3-9-18-11(17-6-4-5-13(14,15)16)10-8(2)7-20-12(10)19-9/h7H,3-6H2,1-2H3,(H,17,18,19). The number of thiophene rings is 1. The molecule has 0 atom stereocenters. The lowest BCUT2D eigenvalue weighted by atomic mass is 10.2. The molecular formula is C13H16F3N3S. The van der Waals surface area contributed by atoms with Crippen molar-refractivity contribution in [1.29, 1.82) is 0 Å². The number of nitrogens with one attached hydrogen (secondary N) is 1. The minimum absolute atomic E-state index is 0.0413. The van der Waals surface area contributed by atoms with Crippen LogP contribution in [0.25, 0.3) is 10.2 Å². The predicted molar refractivity (Wildman–Crippen MR) is 75.3 cm³/mol. The zero-order chi connectivity index (χ0) is 14.8. The molecule has 0 saturated carbocycles. The number of nitrogens with zero attached hydrogens (tertiary/aromatic N) is 2. The Labute approximate surface area is 119 Å². The third-order valence-corrected chi connectivity index (χ3v) is 3.90. The van der Waals surface area contributed by atoms with Crippen molar-refractivity contribution in [2.45, 2.75) is 39.3 Å². The van der Waals surface area contributed by atoms with E-state index >= 15 is 0 Å². The molecule has 0 amide bonds. The van der Waals surface area contributed by atoms with Crippen molar-refractivity contribution >= 4 is 27.4 Å². The molecule has 0 unspecified atom stereocenters. The molecule has 3 nitrogen and oxygen atoms in total. The lowest BCUT2D eigenvalue weighted by Gasteiger charge is -2.10. The summed E-state index contributed by atoms with van der Waals surface area (Å²) in [5.74, 6) is 1.35. The smallest absolute Gasteiger partial charge is 0.369 e. The van der Waals surface area contributed by atoms with E-state index < -0.39 is 12.6 Å². The number of hydrogen-bond acceptors (Lipinski definition) is 4. The van der Waals surface area contributed by atoms with E-state index in [1.807, 2.05) is 19.2 Å². The first kappa shape index (κ1) is 15.0. The molecule has 7 heteroatoms. The first-order valence-electron chi connectivity index (χ1n) is 6.46. The molecule has 20 heavy (non-hydrogen) atoms. The minimum atomic E-state index is -4.10. The third kappa shape index (κ3) is 3.59. The highest BCUT2D eigenvalue weighted by molar-refractivity contribution is 7.17. The Kier molecular flexibility index (Phi) is 4.47. The molecule has 0 spiro atoms. The SMILES string of the molecule is CCc1nc(NCCCC(F)(F)F)c2c(C)csc2n1. The van der Waals surface area contributed by atoms with Crippen LogP contribution in [-0.4, -0.2) is 22.7 Å². The van der Waals surface area contributed by atoms with Crippen LogP contribution in [0.15, 0.2) is 5.38 Å². The normalized spacial score (nSPS) is 12.1. The van der Waals surface area contributed by atoms with Gasteiger partial charge in [0.2, 0.25) is 0 Å². The van der Waals surface area contributed by atoms with E-state index in [1.54, 1.807) is 0 Å². The van der Waals surface area contributed by atoms with Crippen molar-refractivity contribution in [3.05, 3.63) is 16.8 Å². The summed E-state index contributed by atoms with van der Waals surface area (Å²) in [5, 5.41) is 5.92. The van der Waals surface area contributed by atoms with Gasteiger partial charge < -0.3 is 5.32 Å². The summed E-state index contributed by atoms with van der Waals surface area (Å²) in [5.41, 5.74) is 1.05. The van der Waals surface area contributed by atoms with E-state index in [0.717, 1.165) is 15.8 Å². The van der Waals surface area contributed by atoms with Crippen LogP contribution in [0.4, 0.5) is 19.0 Å². The maximum absolute atomic E-state index is 12.1. The van der Waals surface area contributed by atoms with Gasteiger partial charge in [-0.25, -0.2) is 9.97 Å². The average molecular weight is 303 g/mol. The first-order chi connectivity index (χ1) is 9.40. The zero-order valence-corrected chi connectivity index (χ0v) is 12.2. The summed E-state index contributed by atoms with van der Waals surface area (Å²) < 4.78 is 36.3. The van der Waals surface area contributed by atoms with Gasteiger partial charge in [0, 0.05) is 19.4 Å². The van der Waals surface area contributed by atoms with E-state index in [9.17, 15) is 13.2 Å². The quantitative estimate of drug-likeness (QED) is 0.836. The molecule has 2 aromatic heterocycles. The largest absolute Gasteiger partial charge is 0.389 e. The fourth-order valence-electron chi connectivity index (χ4n) is 1.91. The van der Waals surface area contributed by atoms with Gasteiger partial charge in [0.1, 0.15) is 16.5 Å². The molecule has 110 valence electrons. The maximum atomic E-state index is 12.1. The Hall–Kier alpha value is -1.37. The Morgan fingerprint density at radius 2 is 2.05 bits per heavy atom. The number of aryl methyl sites for hydroxylation is 2. The van der Waals surface area contributed by atoms with Crippen molar-refractivity contribution < 1.29 is 13.2 Å². The molecule has 1 N–H and O–H groups in total. The summed E-state index contributed by atoms with van der Waals surface area (Å²) in [6.07, 6.45) is -4.14. The van der Waals surface area contributed by atoms with Gasteiger partial charge in [-0.15, -0.1) is 11.3 Å². The van der Waals surface area contributed by atoms with Crippen LogP contribution in [0.3, 0.4) is 0 Å². The fraction of sp³-hybridized carbons (Fsp3) is 0.538. The molecule has 0 aliphatic carbocycles. The lowest BCUT2D eigenvalue weighted by Crippen LogP contribution is -2.12. The first-order valence-corrected chi connectivity index (χ1v) is 7.34. The molecule has 2 heterocycles. The molecule has 0 aliphatic rings. The average Bonchev–Trinajstić information content (AvgIpc) is 2.75. The number of fused-ring (bicyclic) bond motifs is 1. The Morgan fingerprint density at radius 1 is 1.30 bits per heavy atom. The van der Waals surface area contributed by atoms with Crippen LogP contribution in [0.1, 0.15) is 31.2 Å². The van der Waals surface area contributed by atoms with Gasteiger partial charge in [-0.05, 0) is 24.3 Å². The fourth-order valence-corrected chi connectivity index (χ4v) is 2.85. The number of hydrogen-bond donors (Lipinski definition) is 1. The highest BCUT2D eigenvalue weighted by Gasteiger charge is 2.26. The topological polar surface area (TPSA) is 37.8 Å². The second-order valence-electron chi connectivity index (χ2n) is 4.59. The highest BCUT2D eigenvalue weighted by Crippen LogP contribution is 2.29. The minimum Gasteiger partial charge on any atom is -0.369 e. The van der Waals surface area contributed by atoms with E-state index in [2.05, 4.69) is 15.3 Å². The Bertz CT molecular complexity index is 592. The van der Waals surface area contributed by atoms with Crippen LogP contribution in [0.2, 0.25) is 0 Å². The summed E-state index contributed by atoms with van der Waals surface area (Å²) in [6.45, 7) is 4.16. The molecule has 0 radical (unpaired) electrons. The van der Waals surface area contributed by atoms with Gasteiger partial charge >= 0.3 is 6.18 Å². The Balaban J connectivity index is 2.14. The van der Waals surface area contributed by atoms with Gasteiger partial charge in [-0.1, -0.05) is 6.92 Å². The van der Waals surface area contributed by atoms with E-state index in [0.29, 0.717) is 18.1 Å². The summed E-state index contributed by atoms with van der Waals surface area (Å²) in [7, 11) is 0. The molecule has 2 rings (SSSR count). The number of rotatable bonds is 5. The molecular weight excluding hydrogens is 287 g/mol. The molecule has 0 aromatic carbocycles. The van der Waals surface area contributed by atoms with Crippen LogP contribution >= 0.6 is 11.3 Å². The van der Waals surface area contributed by atoms with E-state index in [-0.39, 0.29) is 13.0 Å². The number of anilines is 1. The number of alkyl halides is 3. The van der Waals surface area contributed by atoms with Crippen molar-refractivity contribution in [3.63, 3.8) is 0 Å². The zero-order valence-electron chi connectivity index (χ0n) is 11.3. The van der Waals surface area contributed by atoms with Crippen LogP contribution < -0.4 is 5.32 Å². The van der Waals surface area contributed by atoms with E-state index in [4.69, 9.17) is 0 Å². The molecule has 0 aliphatic heterocycles.